The van der Waals surface area contributed by atoms with Crippen LogP contribution in [0.15, 0.2) is 76.7 Å². The van der Waals surface area contributed by atoms with Crippen molar-refractivity contribution in [2.24, 2.45) is 5.10 Å². The Hall–Kier alpha value is -3.56. The van der Waals surface area contributed by atoms with E-state index in [1.807, 2.05) is 30.3 Å². The lowest BCUT2D eigenvalue weighted by atomic mass is 10.0. The predicted octanol–water partition coefficient (Wildman–Crippen LogP) is 3.75. The zero-order valence-corrected chi connectivity index (χ0v) is 19.4. The van der Waals surface area contributed by atoms with Crippen LogP contribution in [0.3, 0.4) is 0 Å². The molecule has 1 heterocycles. The summed E-state index contributed by atoms with van der Waals surface area (Å²) in [5.74, 6) is 0.358. The molecule has 0 fully saturated rings. The normalized spacial score (nSPS) is 14.2. The van der Waals surface area contributed by atoms with Crippen LogP contribution in [-0.4, -0.2) is 45.2 Å². The molecule has 1 aliphatic heterocycles. The van der Waals surface area contributed by atoms with Gasteiger partial charge in [-0.1, -0.05) is 41.9 Å². The molecule has 0 saturated heterocycles. The van der Waals surface area contributed by atoms with E-state index in [0.29, 0.717) is 39.0 Å². The molecular formula is C23H20ClN3O5S. The fraction of sp³-hybridized carbons (Fsp3) is 0.130. The number of hydrogen-bond donors (Lipinski definition) is 1. The molecule has 170 valence electrons. The number of carbonyl (C=O) groups is 1. The fourth-order valence-electron chi connectivity index (χ4n) is 3.41. The number of nitrogens with one attached hydrogen (secondary N) is 1. The van der Waals surface area contributed by atoms with Crippen molar-refractivity contribution >= 4 is 38.9 Å². The van der Waals surface area contributed by atoms with Crippen LogP contribution >= 0.6 is 11.6 Å². The molecule has 10 heteroatoms. The molecule has 0 aliphatic carbocycles. The van der Waals surface area contributed by atoms with Crippen LogP contribution in [0.2, 0.25) is 5.02 Å². The average molecular weight is 486 g/mol. The number of fused-ring (bicyclic) bond motifs is 1. The number of methoxy groups -OCH3 is 2. The molecule has 0 aromatic heterocycles. The van der Waals surface area contributed by atoms with Gasteiger partial charge in [-0.05, 0) is 30.3 Å². The van der Waals surface area contributed by atoms with Crippen LogP contribution in [0.4, 0.5) is 5.69 Å². The number of ether oxygens (including phenoxy) is 2. The van der Waals surface area contributed by atoms with E-state index in [4.69, 9.17) is 21.1 Å². The van der Waals surface area contributed by atoms with Gasteiger partial charge in [0.15, 0.2) is 11.5 Å². The molecule has 8 nitrogen and oxygen atoms in total. The molecule has 0 spiro atoms. The largest absolute Gasteiger partial charge is 0.493 e. The summed E-state index contributed by atoms with van der Waals surface area (Å²) in [6.07, 6.45) is 0. The van der Waals surface area contributed by atoms with E-state index in [1.54, 1.807) is 24.3 Å². The number of benzene rings is 3. The van der Waals surface area contributed by atoms with Crippen molar-refractivity contribution in [1.29, 1.82) is 0 Å². The van der Waals surface area contributed by atoms with E-state index in [-0.39, 0.29) is 4.90 Å². The van der Waals surface area contributed by atoms with Crippen molar-refractivity contribution in [2.75, 3.05) is 26.1 Å². The Morgan fingerprint density at radius 2 is 1.73 bits per heavy atom. The summed E-state index contributed by atoms with van der Waals surface area (Å²) in [6, 6.07) is 18.4. The van der Waals surface area contributed by atoms with Gasteiger partial charge < -0.3 is 14.8 Å². The van der Waals surface area contributed by atoms with Crippen molar-refractivity contribution in [3.8, 4) is 11.5 Å². The third-order valence-electron chi connectivity index (χ3n) is 4.96. The molecule has 0 bridgehead atoms. The highest BCUT2D eigenvalue weighted by Crippen LogP contribution is 2.32. The first-order valence-corrected chi connectivity index (χ1v) is 11.6. The Morgan fingerprint density at radius 1 is 1.00 bits per heavy atom. The quantitative estimate of drug-likeness (QED) is 0.573. The summed E-state index contributed by atoms with van der Waals surface area (Å²) in [7, 11) is -1.09. The minimum Gasteiger partial charge on any atom is -0.493 e. The molecule has 3 aromatic rings. The van der Waals surface area contributed by atoms with Crippen molar-refractivity contribution in [3.63, 3.8) is 0 Å². The number of amides is 1. The van der Waals surface area contributed by atoms with Gasteiger partial charge in [0.25, 0.3) is 10.0 Å². The van der Waals surface area contributed by atoms with Gasteiger partial charge >= 0.3 is 0 Å². The Morgan fingerprint density at radius 3 is 2.42 bits per heavy atom. The topological polar surface area (TPSA) is 97.3 Å². The molecule has 0 radical (unpaired) electrons. The van der Waals surface area contributed by atoms with Crippen molar-refractivity contribution in [2.45, 2.75) is 4.90 Å². The number of sulfonamides is 1. The lowest BCUT2D eigenvalue weighted by Gasteiger charge is -2.27. The van der Waals surface area contributed by atoms with Crippen LogP contribution in [0, 0.1) is 0 Å². The first-order chi connectivity index (χ1) is 15.8. The first kappa shape index (κ1) is 22.6. The predicted molar refractivity (Wildman–Crippen MR) is 126 cm³/mol. The Labute approximate surface area is 196 Å². The van der Waals surface area contributed by atoms with Gasteiger partial charge in [0.2, 0.25) is 5.91 Å². The van der Waals surface area contributed by atoms with Crippen molar-refractivity contribution < 1.29 is 22.7 Å². The second-order valence-electron chi connectivity index (χ2n) is 7.06. The Bertz CT molecular complexity index is 1340. The molecule has 33 heavy (non-hydrogen) atoms. The second-order valence-corrected chi connectivity index (χ2v) is 9.31. The van der Waals surface area contributed by atoms with Crippen molar-refractivity contribution in [1.82, 2.24) is 4.41 Å². The number of halogens is 1. The van der Waals surface area contributed by atoms with Gasteiger partial charge in [-0.25, -0.2) is 0 Å². The third kappa shape index (κ3) is 4.50. The SMILES string of the molecule is COc1ccc(NC(=O)CN2N=C(c3ccccc3)c3cc(Cl)ccc3S2(=O)=O)cc1OC. The fourth-order valence-corrected chi connectivity index (χ4v) is 4.96. The number of anilines is 1. The molecule has 1 N–H and O–H groups in total. The van der Waals surface area contributed by atoms with E-state index in [0.717, 1.165) is 4.41 Å². The zero-order chi connectivity index (χ0) is 23.6. The maximum Gasteiger partial charge on any atom is 0.280 e. The summed E-state index contributed by atoms with van der Waals surface area (Å²) in [5.41, 5.74) is 1.90. The molecule has 0 unspecified atom stereocenters. The van der Waals surface area contributed by atoms with E-state index in [9.17, 15) is 13.2 Å². The van der Waals surface area contributed by atoms with E-state index >= 15 is 0 Å². The van der Waals surface area contributed by atoms with Gasteiger partial charge in [0.05, 0.1) is 19.1 Å². The number of rotatable bonds is 6. The maximum atomic E-state index is 13.2. The Kier molecular flexibility index (Phi) is 6.26. The second kappa shape index (κ2) is 9.13. The minimum absolute atomic E-state index is 0.0275. The lowest BCUT2D eigenvalue weighted by Crippen LogP contribution is -2.38. The summed E-state index contributed by atoms with van der Waals surface area (Å²) in [4.78, 5) is 12.8. The van der Waals surface area contributed by atoms with Crippen molar-refractivity contribution in [3.05, 3.63) is 82.9 Å². The molecule has 0 atom stereocenters. The monoisotopic (exact) mass is 485 g/mol. The van der Waals surface area contributed by atoms with Crippen LogP contribution < -0.4 is 14.8 Å². The maximum absolute atomic E-state index is 13.2. The number of carbonyl (C=O) groups excluding carboxylic acids is 1. The summed E-state index contributed by atoms with van der Waals surface area (Å²) in [6.45, 7) is -0.519. The van der Waals surface area contributed by atoms with Gasteiger partial charge in [0, 0.05) is 27.9 Å². The number of hydrogen-bond acceptors (Lipinski definition) is 6. The highest BCUT2D eigenvalue weighted by Gasteiger charge is 2.34. The molecule has 0 saturated carbocycles. The molecule has 4 rings (SSSR count). The molecule has 1 amide bonds. The van der Waals surface area contributed by atoms with Gasteiger partial charge in [0.1, 0.15) is 12.3 Å². The molecule has 3 aromatic carbocycles. The third-order valence-corrected chi connectivity index (χ3v) is 6.87. The average Bonchev–Trinajstić information content (AvgIpc) is 2.81. The van der Waals surface area contributed by atoms with E-state index < -0.39 is 22.5 Å². The smallest absolute Gasteiger partial charge is 0.280 e. The summed E-state index contributed by atoms with van der Waals surface area (Å²) >= 11 is 6.13. The van der Waals surface area contributed by atoms with E-state index in [2.05, 4.69) is 10.4 Å². The Balaban J connectivity index is 1.67. The number of nitrogens with zero attached hydrogens (tertiary/aromatic N) is 2. The highest BCUT2D eigenvalue weighted by molar-refractivity contribution is 7.89. The number of hydrazone groups is 1. The van der Waals surface area contributed by atoms with Crippen LogP contribution in [0.1, 0.15) is 11.1 Å². The standard InChI is InChI=1S/C23H20ClN3O5S/c1-31-19-10-9-17(13-20(19)32-2)25-22(28)14-27-26-23(15-6-4-3-5-7-15)18-12-16(24)8-11-21(18)33(27,29)30/h3-13H,14H2,1-2H3,(H,25,28). The highest BCUT2D eigenvalue weighted by atomic mass is 35.5. The first-order valence-electron chi connectivity index (χ1n) is 9.82. The zero-order valence-electron chi connectivity index (χ0n) is 17.8. The lowest BCUT2D eigenvalue weighted by molar-refractivity contribution is -0.116. The van der Waals surface area contributed by atoms with Crippen LogP contribution in [-0.2, 0) is 14.8 Å². The van der Waals surface area contributed by atoms with Gasteiger partial charge in [-0.3, -0.25) is 4.79 Å². The summed E-state index contributed by atoms with van der Waals surface area (Å²) < 4.78 is 37.7. The molecule has 1 aliphatic rings. The van der Waals surface area contributed by atoms with E-state index in [1.165, 1.54) is 26.4 Å². The van der Waals surface area contributed by atoms with Crippen LogP contribution in [0.5, 0.6) is 11.5 Å². The van der Waals surface area contributed by atoms with Gasteiger partial charge in [-0.2, -0.15) is 17.9 Å². The van der Waals surface area contributed by atoms with Crippen LogP contribution in [0.25, 0.3) is 0 Å². The summed E-state index contributed by atoms with van der Waals surface area (Å²) in [5, 5.41) is 7.38. The minimum atomic E-state index is -4.07. The van der Waals surface area contributed by atoms with Gasteiger partial charge in [-0.15, -0.1) is 0 Å². The molecular weight excluding hydrogens is 466 g/mol.